The summed E-state index contributed by atoms with van der Waals surface area (Å²) in [7, 11) is 1.44. The Morgan fingerprint density at radius 1 is 1.06 bits per heavy atom. The summed E-state index contributed by atoms with van der Waals surface area (Å²) in [4.78, 5) is 13.0. The molecule has 2 aromatic rings. The monoisotopic (exact) mass is 432 g/mol. The van der Waals surface area contributed by atoms with Crippen LogP contribution in [-0.4, -0.2) is 70.6 Å². The van der Waals surface area contributed by atoms with Gasteiger partial charge in [0.1, 0.15) is 53.3 Å². The van der Waals surface area contributed by atoms with Crippen molar-refractivity contribution in [2.45, 2.75) is 43.2 Å². The Hall–Kier alpha value is -2.69. The molecule has 0 amide bonds. The van der Waals surface area contributed by atoms with E-state index in [1.54, 1.807) is 6.07 Å². The van der Waals surface area contributed by atoms with Crippen LogP contribution in [0.4, 0.5) is 0 Å². The van der Waals surface area contributed by atoms with Crippen molar-refractivity contribution in [1.82, 2.24) is 0 Å². The number of fused-ring (bicyclic) bond motifs is 1. The lowest BCUT2D eigenvalue weighted by atomic mass is 9.95. The van der Waals surface area contributed by atoms with Crippen LogP contribution in [0.15, 0.2) is 42.5 Å². The van der Waals surface area contributed by atoms with E-state index in [9.17, 15) is 25.2 Å². The van der Waals surface area contributed by atoms with Gasteiger partial charge in [0.05, 0.1) is 20.1 Å². The van der Waals surface area contributed by atoms with Gasteiger partial charge in [-0.15, -0.1) is 0 Å². The molecule has 2 aromatic carbocycles. The topological polar surface area (TPSA) is 135 Å². The molecule has 6 atom stereocenters. The number of hydrogen-bond acceptors (Lipinski definition) is 9. The maximum absolute atomic E-state index is 13.0. The molecule has 0 bridgehead atoms. The van der Waals surface area contributed by atoms with E-state index in [4.69, 9.17) is 18.9 Å². The van der Waals surface area contributed by atoms with E-state index in [0.29, 0.717) is 5.75 Å². The smallest absolute Gasteiger partial charge is 0.229 e. The lowest BCUT2D eigenvalue weighted by molar-refractivity contribution is -0.277. The predicted molar refractivity (Wildman–Crippen MR) is 106 cm³/mol. The number of carbonyl (C=O) groups is 1. The fourth-order valence-corrected chi connectivity index (χ4v) is 3.75. The van der Waals surface area contributed by atoms with E-state index < -0.39 is 43.4 Å². The minimum absolute atomic E-state index is 0.0372. The van der Waals surface area contributed by atoms with Gasteiger partial charge in [-0.3, -0.25) is 4.79 Å². The molecule has 2 aliphatic heterocycles. The van der Waals surface area contributed by atoms with Crippen LogP contribution in [0, 0.1) is 0 Å². The first-order valence-electron chi connectivity index (χ1n) is 9.87. The van der Waals surface area contributed by atoms with Crippen LogP contribution < -0.4 is 14.2 Å². The molecule has 1 saturated heterocycles. The quantitative estimate of drug-likeness (QED) is 0.535. The highest BCUT2D eigenvalue weighted by Gasteiger charge is 2.45. The van der Waals surface area contributed by atoms with Crippen molar-refractivity contribution in [3.8, 4) is 17.2 Å². The van der Waals surface area contributed by atoms with Crippen molar-refractivity contribution in [1.29, 1.82) is 0 Å². The number of aliphatic hydroxyl groups is 4. The van der Waals surface area contributed by atoms with Gasteiger partial charge in [0.15, 0.2) is 5.78 Å². The second kappa shape index (κ2) is 8.81. The molecule has 2 aliphatic rings. The Kier molecular flexibility index (Phi) is 6.12. The van der Waals surface area contributed by atoms with Gasteiger partial charge < -0.3 is 39.4 Å². The number of rotatable bonds is 5. The minimum atomic E-state index is -1.61. The van der Waals surface area contributed by atoms with Gasteiger partial charge in [-0.25, -0.2) is 0 Å². The molecular weight excluding hydrogens is 408 g/mol. The highest BCUT2D eigenvalue weighted by atomic mass is 16.7. The molecule has 0 saturated carbocycles. The van der Waals surface area contributed by atoms with Gasteiger partial charge in [0, 0.05) is 12.1 Å². The number of methoxy groups -OCH3 is 1. The van der Waals surface area contributed by atoms with Crippen LogP contribution in [0.2, 0.25) is 0 Å². The SMILES string of the molecule is COc1cc2c(c(OC3O[C@H](CO)[C@@H](O)[C@H](O)[C@H]3O)c1)C(=O)CC(c1ccccc1)O2. The standard InChI is InChI=1S/C22H24O9/c1-28-12-7-15-18(13(24)9-14(29-15)11-5-3-2-4-6-11)16(8-12)30-22-21(27)20(26)19(25)17(10-23)31-22/h2-8,14,17,19-23,25-27H,9-10H2,1H3/t14?,17-,19-,20+,21-,22?/m1/s1. The van der Waals surface area contributed by atoms with E-state index in [0.717, 1.165) is 5.56 Å². The van der Waals surface area contributed by atoms with E-state index in [1.807, 2.05) is 30.3 Å². The van der Waals surface area contributed by atoms with Gasteiger partial charge in [-0.05, 0) is 5.56 Å². The summed E-state index contributed by atoms with van der Waals surface area (Å²) in [5, 5.41) is 39.6. The fourth-order valence-electron chi connectivity index (χ4n) is 3.75. The second-order valence-corrected chi connectivity index (χ2v) is 7.46. The van der Waals surface area contributed by atoms with Gasteiger partial charge in [0.25, 0.3) is 0 Å². The zero-order chi connectivity index (χ0) is 22.1. The van der Waals surface area contributed by atoms with Crippen molar-refractivity contribution in [3.63, 3.8) is 0 Å². The van der Waals surface area contributed by atoms with Crippen LogP contribution >= 0.6 is 0 Å². The van der Waals surface area contributed by atoms with Gasteiger partial charge in [-0.2, -0.15) is 0 Å². The third kappa shape index (κ3) is 4.10. The third-order valence-corrected chi connectivity index (χ3v) is 5.46. The first-order chi connectivity index (χ1) is 14.9. The Morgan fingerprint density at radius 2 is 1.81 bits per heavy atom. The normalized spacial score (nSPS) is 30.3. The van der Waals surface area contributed by atoms with Crippen LogP contribution in [0.25, 0.3) is 0 Å². The Morgan fingerprint density at radius 3 is 2.48 bits per heavy atom. The average Bonchev–Trinajstić information content (AvgIpc) is 2.79. The van der Waals surface area contributed by atoms with Gasteiger partial charge >= 0.3 is 0 Å². The number of Topliss-reactive ketones (excluding diaryl/α,β-unsaturated/α-hetero) is 1. The molecular formula is C22H24O9. The summed E-state index contributed by atoms with van der Waals surface area (Å²) >= 11 is 0. The molecule has 31 heavy (non-hydrogen) atoms. The molecule has 9 nitrogen and oxygen atoms in total. The maximum Gasteiger partial charge on any atom is 0.229 e. The van der Waals surface area contributed by atoms with Crippen LogP contribution in [0.5, 0.6) is 17.2 Å². The fraction of sp³-hybridized carbons (Fsp3) is 0.409. The van der Waals surface area contributed by atoms with Crippen molar-refractivity contribution in [2.75, 3.05) is 13.7 Å². The summed E-state index contributed by atoms with van der Waals surface area (Å²) < 4.78 is 22.5. The lowest BCUT2D eigenvalue weighted by Gasteiger charge is -2.40. The number of benzene rings is 2. The van der Waals surface area contributed by atoms with Crippen molar-refractivity contribution in [3.05, 3.63) is 53.6 Å². The summed E-state index contributed by atoms with van der Waals surface area (Å²) in [5.41, 5.74) is 1.01. The largest absolute Gasteiger partial charge is 0.496 e. The number of ether oxygens (including phenoxy) is 4. The zero-order valence-corrected chi connectivity index (χ0v) is 16.7. The summed E-state index contributed by atoms with van der Waals surface area (Å²) in [5.74, 6) is 0.399. The molecule has 2 heterocycles. The maximum atomic E-state index is 13.0. The minimum Gasteiger partial charge on any atom is -0.496 e. The molecule has 166 valence electrons. The zero-order valence-electron chi connectivity index (χ0n) is 16.7. The molecule has 0 aromatic heterocycles. The van der Waals surface area contributed by atoms with Crippen LogP contribution in [0.3, 0.4) is 0 Å². The number of ketones is 1. The molecule has 4 N–H and O–H groups in total. The molecule has 1 fully saturated rings. The Labute approximate surface area is 178 Å². The first-order valence-corrected chi connectivity index (χ1v) is 9.87. The predicted octanol–water partition coefficient (Wildman–Crippen LogP) is 0.580. The van der Waals surface area contributed by atoms with E-state index >= 15 is 0 Å². The van der Waals surface area contributed by atoms with Gasteiger partial charge in [0.2, 0.25) is 6.29 Å². The first kappa shape index (κ1) is 21.5. The Balaban J connectivity index is 1.66. The average molecular weight is 432 g/mol. The molecule has 9 heteroatoms. The van der Waals surface area contributed by atoms with Crippen molar-refractivity contribution in [2.24, 2.45) is 0 Å². The lowest BCUT2D eigenvalue weighted by Crippen LogP contribution is -2.60. The second-order valence-electron chi connectivity index (χ2n) is 7.46. The third-order valence-electron chi connectivity index (χ3n) is 5.46. The number of aliphatic hydroxyl groups excluding tert-OH is 4. The van der Waals surface area contributed by atoms with Crippen LogP contribution in [-0.2, 0) is 4.74 Å². The van der Waals surface area contributed by atoms with E-state index in [1.165, 1.54) is 13.2 Å². The summed E-state index contributed by atoms with van der Waals surface area (Å²) in [6.07, 6.45) is -7.72. The van der Waals surface area contributed by atoms with Crippen LogP contribution in [0.1, 0.15) is 28.4 Å². The molecule has 4 rings (SSSR count). The highest BCUT2D eigenvalue weighted by Crippen LogP contribution is 2.43. The summed E-state index contributed by atoms with van der Waals surface area (Å²) in [6.45, 7) is -0.595. The Bertz CT molecular complexity index is 930. The van der Waals surface area contributed by atoms with Crippen molar-refractivity contribution >= 4 is 5.78 Å². The molecule has 2 unspecified atom stereocenters. The van der Waals surface area contributed by atoms with E-state index in [2.05, 4.69) is 0 Å². The summed E-state index contributed by atoms with van der Waals surface area (Å²) in [6, 6.07) is 12.4. The molecule has 0 aliphatic carbocycles. The van der Waals surface area contributed by atoms with E-state index in [-0.39, 0.29) is 29.3 Å². The number of carbonyl (C=O) groups excluding carboxylic acids is 1. The van der Waals surface area contributed by atoms with Crippen molar-refractivity contribution < 1.29 is 44.2 Å². The number of hydrogen-bond donors (Lipinski definition) is 4. The molecule has 0 radical (unpaired) electrons. The molecule has 0 spiro atoms. The highest BCUT2D eigenvalue weighted by molar-refractivity contribution is 6.02. The van der Waals surface area contributed by atoms with Gasteiger partial charge in [-0.1, -0.05) is 30.3 Å².